The molecule has 226 valence electrons. The summed E-state index contributed by atoms with van der Waals surface area (Å²) >= 11 is 1.18. The van der Waals surface area contributed by atoms with Crippen molar-refractivity contribution in [3.05, 3.63) is 84.2 Å². The lowest BCUT2D eigenvalue weighted by atomic mass is 10.1. The molecule has 0 radical (unpaired) electrons. The van der Waals surface area contributed by atoms with Gasteiger partial charge in [0.05, 0.1) is 29.0 Å². The predicted octanol–water partition coefficient (Wildman–Crippen LogP) is 5.39. The molecule has 4 aromatic rings. The summed E-state index contributed by atoms with van der Waals surface area (Å²) in [5, 5.41) is 8.61. The number of rotatable bonds is 7. The van der Waals surface area contributed by atoms with E-state index in [2.05, 4.69) is 30.3 Å². The molecule has 0 bridgehead atoms. The quantitative estimate of drug-likeness (QED) is 0.217. The number of carbonyl (C=O) groups is 2. The molecule has 1 N–H and O–H groups in total. The van der Waals surface area contributed by atoms with E-state index in [1.165, 1.54) is 58.2 Å². The van der Waals surface area contributed by atoms with E-state index in [9.17, 15) is 22.8 Å². The van der Waals surface area contributed by atoms with E-state index in [-0.39, 0.29) is 22.6 Å². The molecule has 11 nitrogen and oxygen atoms in total. The summed E-state index contributed by atoms with van der Waals surface area (Å²) in [6.45, 7) is 1.92. The van der Waals surface area contributed by atoms with Gasteiger partial charge in [0, 0.05) is 19.7 Å². The largest absolute Gasteiger partial charge is 0.573 e. The van der Waals surface area contributed by atoms with Gasteiger partial charge in [-0.1, -0.05) is 42.1 Å². The maximum atomic E-state index is 12.7. The average Bonchev–Trinajstić information content (AvgIpc) is 3.60. The second-order valence-corrected chi connectivity index (χ2v) is 10.6. The number of urea groups is 1. The lowest BCUT2D eigenvalue weighted by Gasteiger charge is -2.24. The number of anilines is 2. The number of alkyl halides is 3. The highest BCUT2D eigenvalue weighted by atomic mass is 32.2. The van der Waals surface area contributed by atoms with Crippen LogP contribution in [0.2, 0.25) is 0 Å². The molecule has 0 spiro atoms. The highest BCUT2D eigenvalue weighted by Gasteiger charge is 2.33. The summed E-state index contributed by atoms with van der Waals surface area (Å²) in [4.78, 5) is 36.9. The van der Waals surface area contributed by atoms with Gasteiger partial charge in [0.15, 0.2) is 11.0 Å². The normalized spacial score (nSPS) is 14.5. The molecule has 0 saturated carbocycles. The van der Waals surface area contributed by atoms with Gasteiger partial charge in [-0.3, -0.25) is 9.69 Å². The average molecular weight is 623 g/mol. The van der Waals surface area contributed by atoms with Crippen molar-refractivity contribution < 1.29 is 27.5 Å². The number of aryl methyl sites for hydroxylation is 1. The minimum absolute atomic E-state index is 0.166. The van der Waals surface area contributed by atoms with Crippen molar-refractivity contribution in [2.45, 2.75) is 13.3 Å². The molecule has 44 heavy (non-hydrogen) atoms. The molecule has 1 saturated heterocycles. The number of amidine groups is 1. The number of ether oxygens (including phenoxy) is 1. The molecule has 15 heteroatoms. The zero-order chi connectivity index (χ0) is 31.4. The Morgan fingerprint density at radius 2 is 1.82 bits per heavy atom. The van der Waals surface area contributed by atoms with Crippen LogP contribution in [0.25, 0.3) is 17.1 Å². The Kier molecular flexibility index (Phi) is 8.66. The van der Waals surface area contributed by atoms with Gasteiger partial charge in [-0.25, -0.2) is 19.9 Å². The van der Waals surface area contributed by atoms with Crippen molar-refractivity contribution in [2.24, 2.45) is 10.1 Å². The molecular formula is C29H25F3N8O3S. The second kappa shape index (κ2) is 12.6. The van der Waals surface area contributed by atoms with E-state index in [0.29, 0.717) is 28.3 Å². The van der Waals surface area contributed by atoms with Crippen LogP contribution in [0.4, 0.5) is 29.3 Å². The third kappa shape index (κ3) is 7.23. The van der Waals surface area contributed by atoms with Crippen molar-refractivity contribution in [2.75, 3.05) is 29.6 Å². The summed E-state index contributed by atoms with van der Waals surface area (Å²) in [6.07, 6.45) is -1.89. The number of nitrogens with one attached hydrogen (secondary N) is 1. The van der Waals surface area contributed by atoms with Crippen molar-refractivity contribution >= 4 is 46.5 Å². The van der Waals surface area contributed by atoms with Gasteiger partial charge >= 0.3 is 12.4 Å². The first-order valence-electron chi connectivity index (χ1n) is 13.0. The van der Waals surface area contributed by atoms with Gasteiger partial charge in [-0.05, 0) is 54.4 Å². The smallest absolute Gasteiger partial charge is 0.406 e. The fourth-order valence-corrected chi connectivity index (χ4v) is 5.04. The lowest BCUT2D eigenvalue weighted by molar-refractivity contribution is -0.274. The summed E-state index contributed by atoms with van der Waals surface area (Å²) in [5.74, 6) is 0.0515. The van der Waals surface area contributed by atoms with Crippen LogP contribution in [-0.4, -0.2) is 64.3 Å². The number of nitrogens with zero attached hydrogens (tertiary/aromatic N) is 7. The van der Waals surface area contributed by atoms with E-state index >= 15 is 0 Å². The highest BCUT2D eigenvalue weighted by molar-refractivity contribution is 8.15. The predicted molar refractivity (Wildman–Crippen MR) is 162 cm³/mol. The molecule has 0 aliphatic carbocycles. The fourth-order valence-electron chi connectivity index (χ4n) is 4.18. The first-order chi connectivity index (χ1) is 21.0. The van der Waals surface area contributed by atoms with Crippen LogP contribution in [0.3, 0.4) is 0 Å². The van der Waals surface area contributed by atoms with Crippen LogP contribution in [0.5, 0.6) is 5.75 Å². The second-order valence-electron chi connectivity index (χ2n) is 9.65. The fraction of sp³-hybridized carbons (Fsp3) is 0.172. The zero-order valence-electron chi connectivity index (χ0n) is 23.6. The third-order valence-electron chi connectivity index (χ3n) is 6.19. The molecule has 2 heterocycles. The van der Waals surface area contributed by atoms with Crippen molar-refractivity contribution in [1.29, 1.82) is 0 Å². The Bertz CT molecular complexity index is 1740. The van der Waals surface area contributed by atoms with Gasteiger partial charge in [0.2, 0.25) is 5.91 Å². The number of carbonyl (C=O) groups excluding carboxylic acids is 2. The standard InChI is InChI=1S/C29H25F3N8O3S/c1-18-4-13-23(38(2)3)24(14-18)40-25(41)16-44-28(40)35-27(42)36-34-15-19-5-7-20(8-6-19)26-33-17-39(37-26)21-9-11-22(12-10-21)43-29(30,31)32/h4-15,17H,16H2,1-3H3,(H,36,42)/b34-15+,35-28-. The molecule has 3 amide bonds. The van der Waals surface area contributed by atoms with Crippen LogP contribution in [-0.2, 0) is 4.79 Å². The van der Waals surface area contributed by atoms with E-state index in [4.69, 9.17) is 0 Å². The van der Waals surface area contributed by atoms with Gasteiger partial charge in [0.25, 0.3) is 0 Å². The topological polar surface area (TPSA) is 117 Å². The van der Waals surface area contributed by atoms with Gasteiger partial charge < -0.3 is 9.64 Å². The Morgan fingerprint density at radius 1 is 1.09 bits per heavy atom. The van der Waals surface area contributed by atoms with E-state index < -0.39 is 12.4 Å². The number of hydrazone groups is 1. The van der Waals surface area contributed by atoms with Crippen molar-refractivity contribution in [3.63, 3.8) is 0 Å². The Hall–Kier alpha value is -5.18. The molecule has 1 aliphatic heterocycles. The van der Waals surface area contributed by atoms with Gasteiger partial charge in [-0.15, -0.1) is 18.3 Å². The summed E-state index contributed by atoms with van der Waals surface area (Å²) in [5.41, 5.74) is 6.64. The summed E-state index contributed by atoms with van der Waals surface area (Å²) < 4.78 is 42.5. The maximum Gasteiger partial charge on any atom is 0.573 e. The van der Waals surface area contributed by atoms with Crippen LogP contribution in [0.15, 0.2) is 83.2 Å². The Balaban J connectivity index is 1.21. The van der Waals surface area contributed by atoms with Crippen LogP contribution < -0.4 is 20.0 Å². The van der Waals surface area contributed by atoms with Crippen LogP contribution in [0, 0.1) is 6.92 Å². The summed E-state index contributed by atoms with van der Waals surface area (Å²) in [7, 11) is 3.75. The van der Waals surface area contributed by atoms with Gasteiger partial charge in [-0.2, -0.15) is 10.1 Å². The molecule has 0 atom stereocenters. The van der Waals surface area contributed by atoms with E-state index in [1.807, 2.05) is 44.1 Å². The lowest BCUT2D eigenvalue weighted by Crippen LogP contribution is -2.32. The van der Waals surface area contributed by atoms with E-state index in [0.717, 1.165) is 11.3 Å². The Morgan fingerprint density at radius 3 is 2.50 bits per heavy atom. The first kappa shape index (κ1) is 30.3. The number of hydrogen-bond donors (Lipinski definition) is 1. The number of amides is 3. The molecular weight excluding hydrogens is 597 g/mol. The number of hydrogen-bond acceptors (Lipinski definition) is 8. The highest BCUT2D eigenvalue weighted by Crippen LogP contribution is 2.35. The SMILES string of the molecule is Cc1ccc(N(C)C)c(N2C(=O)CS/C2=N\C(=O)N/N=C/c2ccc(-c3ncn(-c4ccc(OC(F)(F)F)cc4)n3)cc2)c1. The molecule has 1 aliphatic rings. The van der Waals surface area contributed by atoms with Crippen molar-refractivity contribution in [1.82, 2.24) is 20.2 Å². The molecule has 5 rings (SSSR count). The number of aromatic nitrogens is 3. The first-order valence-corrected chi connectivity index (χ1v) is 14.0. The number of halogens is 3. The molecule has 1 fully saturated rings. The third-order valence-corrected chi connectivity index (χ3v) is 7.11. The van der Waals surface area contributed by atoms with Crippen LogP contribution in [0.1, 0.15) is 11.1 Å². The maximum absolute atomic E-state index is 12.7. The van der Waals surface area contributed by atoms with Crippen LogP contribution >= 0.6 is 11.8 Å². The minimum atomic E-state index is -4.77. The van der Waals surface area contributed by atoms with Crippen molar-refractivity contribution in [3.8, 4) is 22.8 Å². The zero-order valence-corrected chi connectivity index (χ0v) is 24.4. The molecule has 0 unspecified atom stereocenters. The molecule has 1 aromatic heterocycles. The number of thioether (sulfide) groups is 1. The Labute approximate surface area is 254 Å². The van der Waals surface area contributed by atoms with Gasteiger partial charge in [0.1, 0.15) is 12.1 Å². The number of aliphatic imine (C=N–C) groups is 1. The minimum Gasteiger partial charge on any atom is -0.406 e. The monoisotopic (exact) mass is 622 g/mol. The summed E-state index contributed by atoms with van der Waals surface area (Å²) in [6, 6.07) is 17.3. The molecule has 3 aromatic carbocycles. The number of benzene rings is 3. The van der Waals surface area contributed by atoms with E-state index in [1.54, 1.807) is 24.3 Å².